The van der Waals surface area contributed by atoms with Gasteiger partial charge in [-0.2, -0.15) is 0 Å². The van der Waals surface area contributed by atoms with Crippen LogP contribution in [0, 0.1) is 0 Å². The summed E-state index contributed by atoms with van der Waals surface area (Å²) in [5.41, 5.74) is 1.95. The number of aromatic nitrogens is 2. The molecule has 33 heavy (non-hydrogen) atoms. The Kier molecular flexibility index (Phi) is 8.25. The van der Waals surface area contributed by atoms with E-state index >= 15 is 0 Å². The maximum atomic E-state index is 13.3. The molecule has 0 bridgehead atoms. The van der Waals surface area contributed by atoms with E-state index in [4.69, 9.17) is 9.72 Å². The van der Waals surface area contributed by atoms with E-state index < -0.39 is 0 Å². The first-order chi connectivity index (χ1) is 16.2. The summed E-state index contributed by atoms with van der Waals surface area (Å²) in [5, 5.41) is 0.739. The lowest BCUT2D eigenvalue weighted by Gasteiger charge is -2.20. The molecule has 1 amide bonds. The lowest BCUT2D eigenvalue weighted by Crippen LogP contribution is -2.30. The third-order valence-corrected chi connectivity index (χ3v) is 7.96. The zero-order chi connectivity index (χ0) is 23.0. The number of anilines is 1. The fourth-order valence-electron chi connectivity index (χ4n) is 3.35. The summed E-state index contributed by atoms with van der Waals surface area (Å²) in [7, 11) is 1.67. The highest BCUT2D eigenvalue weighted by molar-refractivity contribution is 7.99. The first-order valence-corrected chi connectivity index (χ1v) is 13.6. The number of benzene rings is 2. The number of carbonyl (C=O) groups excluding carboxylic acids is 1. The van der Waals surface area contributed by atoms with Crippen LogP contribution in [0.3, 0.4) is 0 Å². The number of carbonyl (C=O) groups is 1. The van der Waals surface area contributed by atoms with E-state index in [9.17, 15) is 4.79 Å². The molecule has 2 heterocycles. The van der Waals surface area contributed by atoms with Crippen molar-refractivity contribution in [2.45, 2.75) is 29.2 Å². The summed E-state index contributed by atoms with van der Waals surface area (Å²) in [6, 6.07) is 18.1. The van der Waals surface area contributed by atoms with Gasteiger partial charge in [0.1, 0.15) is 5.75 Å². The molecule has 2 aromatic heterocycles. The van der Waals surface area contributed by atoms with Crippen LogP contribution in [0.4, 0.5) is 5.13 Å². The van der Waals surface area contributed by atoms with Gasteiger partial charge in [-0.25, -0.2) is 4.98 Å². The normalized spacial score (nSPS) is 11.0. The van der Waals surface area contributed by atoms with Gasteiger partial charge in [-0.15, -0.1) is 23.5 Å². The number of nitrogens with zero attached hydrogens (tertiary/aromatic N) is 3. The predicted molar refractivity (Wildman–Crippen MR) is 140 cm³/mol. The van der Waals surface area contributed by atoms with Crippen LogP contribution < -0.4 is 9.64 Å². The Morgan fingerprint density at radius 1 is 1.12 bits per heavy atom. The topological polar surface area (TPSA) is 55.3 Å². The number of amides is 1. The van der Waals surface area contributed by atoms with Crippen LogP contribution >= 0.6 is 34.9 Å². The van der Waals surface area contributed by atoms with Gasteiger partial charge in [-0.1, -0.05) is 23.5 Å². The van der Waals surface area contributed by atoms with Crippen LogP contribution in [0.2, 0.25) is 0 Å². The molecule has 0 saturated heterocycles. The number of hydrogen-bond acceptors (Lipinski definition) is 7. The molecule has 2 aromatic carbocycles. The molecule has 0 spiro atoms. The molecule has 0 unspecified atom stereocenters. The largest absolute Gasteiger partial charge is 0.497 e. The molecule has 0 radical (unpaired) electrons. The molecule has 5 nitrogen and oxygen atoms in total. The Morgan fingerprint density at radius 3 is 2.70 bits per heavy atom. The van der Waals surface area contributed by atoms with Gasteiger partial charge in [0, 0.05) is 28.6 Å². The van der Waals surface area contributed by atoms with Gasteiger partial charge in [0.15, 0.2) is 5.13 Å². The molecule has 0 atom stereocenters. The van der Waals surface area contributed by atoms with Crippen molar-refractivity contribution in [1.29, 1.82) is 0 Å². The first-order valence-electron chi connectivity index (χ1n) is 10.6. The van der Waals surface area contributed by atoms with Gasteiger partial charge in [0.25, 0.3) is 0 Å². The van der Waals surface area contributed by atoms with Gasteiger partial charge in [0.2, 0.25) is 5.91 Å². The van der Waals surface area contributed by atoms with Crippen molar-refractivity contribution in [3.8, 4) is 5.75 Å². The molecular formula is C25H25N3O2S3. The van der Waals surface area contributed by atoms with E-state index in [0.717, 1.165) is 43.7 Å². The van der Waals surface area contributed by atoms with Gasteiger partial charge in [-0.3, -0.25) is 14.7 Å². The zero-order valence-corrected chi connectivity index (χ0v) is 21.0. The van der Waals surface area contributed by atoms with Crippen molar-refractivity contribution in [1.82, 2.24) is 9.97 Å². The number of rotatable bonds is 10. The lowest BCUT2D eigenvalue weighted by atomic mass is 10.2. The SMILES string of the molecule is COc1ccc(SCCCC(=O)N(Cc2cccnc2)c2nc3c(SC)cccc3s2)cc1. The Bertz CT molecular complexity index is 1200. The maximum Gasteiger partial charge on any atom is 0.229 e. The minimum atomic E-state index is 0.0824. The van der Waals surface area contributed by atoms with Crippen LogP contribution in [0.5, 0.6) is 5.75 Å². The second kappa shape index (κ2) is 11.5. The van der Waals surface area contributed by atoms with Crippen LogP contribution in [-0.2, 0) is 11.3 Å². The molecule has 170 valence electrons. The average Bonchev–Trinajstić information content (AvgIpc) is 3.30. The fourth-order valence-corrected chi connectivity index (χ4v) is 5.84. The summed E-state index contributed by atoms with van der Waals surface area (Å²) < 4.78 is 6.30. The van der Waals surface area contributed by atoms with Crippen molar-refractivity contribution in [2.24, 2.45) is 0 Å². The Hall–Kier alpha value is -2.55. The standard InChI is InChI=1S/C25H25N3O2S3/c1-30-19-10-12-20(13-11-19)32-15-5-9-23(29)28(17-18-6-4-14-26-16-18)25-27-24-21(31-2)7-3-8-22(24)33-25/h3-4,6-8,10-14,16H,5,9,15,17H2,1-2H3. The van der Waals surface area contributed by atoms with Crippen LogP contribution in [0.15, 0.2) is 76.8 Å². The summed E-state index contributed by atoms with van der Waals surface area (Å²) in [4.78, 5) is 26.5. The zero-order valence-electron chi connectivity index (χ0n) is 18.6. The number of para-hydroxylation sites is 1. The van der Waals surface area contributed by atoms with E-state index in [2.05, 4.69) is 17.1 Å². The monoisotopic (exact) mass is 495 g/mol. The second-order valence-electron chi connectivity index (χ2n) is 7.27. The van der Waals surface area contributed by atoms with Crippen molar-refractivity contribution in [3.63, 3.8) is 0 Å². The van der Waals surface area contributed by atoms with Gasteiger partial charge in [0.05, 0.1) is 23.9 Å². The Morgan fingerprint density at radius 2 is 1.97 bits per heavy atom. The number of fused-ring (bicyclic) bond motifs is 1. The van der Waals surface area contributed by atoms with Gasteiger partial charge >= 0.3 is 0 Å². The molecular weight excluding hydrogens is 470 g/mol. The minimum absolute atomic E-state index is 0.0824. The highest BCUT2D eigenvalue weighted by Crippen LogP contribution is 2.35. The average molecular weight is 496 g/mol. The third kappa shape index (κ3) is 6.07. The molecule has 8 heteroatoms. The summed E-state index contributed by atoms with van der Waals surface area (Å²) >= 11 is 4.99. The first kappa shape index (κ1) is 23.6. The molecule has 0 fully saturated rings. The molecule has 0 aliphatic rings. The fraction of sp³-hybridized carbons (Fsp3) is 0.240. The van der Waals surface area contributed by atoms with E-state index in [-0.39, 0.29) is 5.91 Å². The summed E-state index contributed by atoms with van der Waals surface area (Å²) in [5.74, 6) is 1.80. The van der Waals surface area contributed by atoms with Gasteiger partial charge < -0.3 is 4.74 Å². The maximum absolute atomic E-state index is 13.3. The number of thioether (sulfide) groups is 2. The van der Waals surface area contributed by atoms with E-state index in [1.165, 1.54) is 4.90 Å². The Labute approximate surface area is 206 Å². The van der Waals surface area contributed by atoms with E-state index in [1.807, 2.05) is 53.6 Å². The Balaban J connectivity index is 1.46. The highest BCUT2D eigenvalue weighted by atomic mass is 32.2. The number of methoxy groups -OCH3 is 1. The molecule has 0 N–H and O–H groups in total. The van der Waals surface area contributed by atoms with Crippen LogP contribution in [-0.4, -0.2) is 35.0 Å². The highest BCUT2D eigenvalue weighted by Gasteiger charge is 2.21. The minimum Gasteiger partial charge on any atom is -0.497 e. The van der Waals surface area contributed by atoms with E-state index in [1.54, 1.807) is 54.4 Å². The van der Waals surface area contributed by atoms with Crippen molar-refractivity contribution in [2.75, 3.05) is 24.0 Å². The molecule has 4 rings (SSSR count). The van der Waals surface area contributed by atoms with Crippen LogP contribution in [0.25, 0.3) is 10.2 Å². The quantitative estimate of drug-likeness (QED) is 0.184. The van der Waals surface area contributed by atoms with Crippen molar-refractivity contribution >= 4 is 56.1 Å². The summed E-state index contributed by atoms with van der Waals surface area (Å²) in [6.07, 6.45) is 6.86. The number of pyridine rings is 1. The molecule has 0 saturated carbocycles. The molecule has 0 aliphatic carbocycles. The van der Waals surface area contributed by atoms with Gasteiger partial charge in [-0.05, 0) is 66.5 Å². The number of thiazole rings is 1. The number of ether oxygens (including phenoxy) is 1. The molecule has 0 aliphatic heterocycles. The molecule has 4 aromatic rings. The second-order valence-corrected chi connectivity index (χ2v) is 10.3. The van der Waals surface area contributed by atoms with E-state index in [0.29, 0.717) is 13.0 Å². The third-order valence-electron chi connectivity index (χ3n) is 5.05. The number of hydrogen-bond donors (Lipinski definition) is 0. The van der Waals surface area contributed by atoms with Crippen molar-refractivity contribution < 1.29 is 9.53 Å². The lowest BCUT2D eigenvalue weighted by molar-refractivity contribution is -0.118. The van der Waals surface area contributed by atoms with Crippen molar-refractivity contribution in [3.05, 3.63) is 72.6 Å². The van der Waals surface area contributed by atoms with Crippen LogP contribution in [0.1, 0.15) is 18.4 Å². The summed E-state index contributed by atoms with van der Waals surface area (Å²) in [6.45, 7) is 0.465. The predicted octanol–water partition coefficient (Wildman–Crippen LogP) is 6.53. The smallest absolute Gasteiger partial charge is 0.229 e.